The number of nitrogen functional groups attached to an aromatic ring is 1. The molecule has 1 aliphatic rings. The number of terminal acetylenes is 1. The number of anilines is 1. The number of benzene rings is 1. The molecule has 3 rings (SSSR count). The van der Waals surface area contributed by atoms with Gasteiger partial charge >= 0.3 is 19.5 Å². The van der Waals surface area contributed by atoms with Crippen LogP contribution in [-0.2, 0) is 27.9 Å². The van der Waals surface area contributed by atoms with Gasteiger partial charge in [0.15, 0.2) is 29.5 Å². The van der Waals surface area contributed by atoms with E-state index in [0.29, 0.717) is 10.8 Å². The molecule has 2 heterocycles. The number of hydrogen-bond acceptors (Lipinski definition) is 12. The maximum absolute atomic E-state index is 14.0. The maximum atomic E-state index is 14.0. The number of esters is 1. The molecule has 38 heavy (non-hydrogen) atoms. The lowest BCUT2D eigenvalue weighted by atomic mass is 9.92. The summed E-state index contributed by atoms with van der Waals surface area (Å²) in [5, 5.41) is 10.8. The Bertz CT molecular complexity index is 1300. The van der Waals surface area contributed by atoms with Crippen molar-refractivity contribution in [3.05, 3.63) is 52.8 Å². The van der Waals surface area contributed by atoms with Gasteiger partial charge in [0.1, 0.15) is 18.0 Å². The van der Waals surface area contributed by atoms with Crippen molar-refractivity contribution in [3.8, 4) is 18.1 Å². The highest BCUT2D eigenvalue weighted by molar-refractivity contribution is 7.49. The molecule has 0 aliphatic carbocycles. The Morgan fingerprint density at radius 3 is 2.63 bits per heavy atom. The van der Waals surface area contributed by atoms with Crippen molar-refractivity contribution in [2.45, 2.75) is 57.0 Å². The summed E-state index contributed by atoms with van der Waals surface area (Å²) in [5.41, 5.74) is 8.35. The lowest BCUT2D eigenvalue weighted by Gasteiger charge is -2.27. The zero-order chi connectivity index (χ0) is 28.3. The summed E-state index contributed by atoms with van der Waals surface area (Å²) < 4.78 is 55.1. The van der Waals surface area contributed by atoms with Crippen molar-refractivity contribution in [1.82, 2.24) is 9.55 Å². The first-order chi connectivity index (χ1) is 17.8. The Hall–Kier alpha value is -3.31. The Morgan fingerprint density at radius 1 is 1.37 bits per heavy atom. The minimum atomic E-state index is -4.58. The van der Waals surface area contributed by atoms with Gasteiger partial charge in [-0.05, 0) is 32.9 Å². The van der Waals surface area contributed by atoms with E-state index in [2.05, 4.69) is 10.9 Å². The third-order valence-electron chi connectivity index (χ3n) is 5.32. The molecule has 13 nitrogen and oxygen atoms in total. The zero-order valence-electron chi connectivity index (χ0n) is 20.7. The fraction of sp³-hybridized carbons (Fsp3) is 0.435. The fourth-order valence-corrected chi connectivity index (χ4v) is 4.77. The van der Waals surface area contributed by atoms with Gasteiger partial charge in [0, 0.05) is 0 Å². The van der Waals surface area contributed by atoms with Gasteiger partial charge in [-0.1, -0.05) is 24.1 Å². The van der Waals surface area contributed by atoms with Crippen molar-refractivity contribution < 1.29 is 41.9 Å². The Balaban J connectivity index is 1.85. The third-order valence-corrected chi connectivity index (χ3v) is 6.79. The molecule has 1 aromatic carbocycles. The first-order valence-corrected chi connectivity index (χ1v) is 12.8. The van der Waals surface area contributed by atoms with E-state index in [4.69, 9.17) is 40.9 Å². The van der Waals surface area contributed by atoms with Crippen molar-refractivity contribution in [2.75, 3.05) is 12.3 Å². The molecule has 1 fully saturated rings. The second kappa shape index (κ2) is 11.6. The zero-order valence-corrected chi connectivity index (χ0v) is 21.6. The minimum absolute atomic E-state index is 0.0813. The maximum Gasteiger partial charge on any atom is 0.530 e. The first kappa shape index (κ1) is 29.2. The van der Waals surface area contributed by atoms with Crippen LogP contribution in [0.4, 0.5) is 10.2 Å². The molecule has 5 N–H and O–H groups in total. The van der Waals surface area contributed by atoms with E-state index in [1.165, 1.54) is 19.1 Å². The van der Waals surface area contributed by atoms with Gasteiger partial charge in [0.2, 0.25) is 0 Å². The molecule has 0 saturated carbocycles. The summed E-state index contributed by atoms with van der Waals surface area (Å²) in [6.45, 7) is 3.82. The van der Waals surface area contributed by atoms with Gasteiger partial charge in [0.25, 0.3) is 0 Å². The SMILES string of the molecule is C#CC1(N)[C@@H](O)[C@@H](COP(=O)(Oc2ccccc2)O[C@@H](C)C(=O)OC(C)C)O[C@H]1n1cc(F)c(N)nc1=O. The normalized spacial score (nSPS) is 25.4. The van der Waals surface area contributed by atoms with E-state index in [1.54, 1.807) is 32.0 Å². The van der Waals surface area contributed by atoms with Crippen LogP contribution in [0.1, 0.15) is 27.0 Å². The van der Waals surface area contributed by atoms with Crippen LogP contribution in [0.5, 0.6) is 5.75 Å². The van der Waals surface area contributed by atoms with E-state index in [-0.39, 0.29) is 5.75 Å². The summed E-state index contributed by atoms with van der Waals surface area (Å²) in [4.78, 5) is 27.9. The summed E-state index contributed by atoms with van der Waals surface area (Å²) in [6, 6.07) is 7.80. The summed E-state index contributed by atoms with van der Waals surface area (Å²) >= 11 is 0. The number of rotatable bonds is 10. The van der Waals surface area contributed by atoms with Crippen LogP contribution in [0.3, 0.4) is 0 Å². The number of halogens is 1. The van der Waals surface area contributed by atoms with Gasteiger partial charge in [-0.25, -0.2) is 18.5 Å². The Kier molecular flexibility index (Phi) is 8.94. The second-order valence-corrected chi connectivity index (χ2v) is 10.1. The number of nitrogens with two attached hydrogens (primary N) is 2. The number of hydrogen-bond donors (Lipinski definition) is 3. The number of phosphoric ester groups is 1. The first-order valence-electron chi connectivity index (χ1n) is 11.3. The lowest BCUT2D eigenvalue weighted by molar-refractivity contribution is -0.156. The number of phosphoric acid groups is 1. The molecule has 15 heteroatoms. The quantitative estimate of drug-likeness (QED) is 0.216. The molecule has 0 bridgehead atoms. The highest BCUT2D eigenvalue weighted by Gasteiger charge is 2.55. The smallest absolute Gasteiger partial charge is 0.461 e. The number of carbonyl (C=O) groups is 1. The number of carbonyl (C=O) groups excluding carboxylic acids is 1. The monoisotopic (exact) mass is 554 g/mol. The number of para-hydroxylation sites is 1. The van der Waals surface area contributed by atoms with Gasteiger partial charge < -0.3 is 30.6 Å². The molecule has 2 aromatic rings. The van der Waals surface area contributed by atoms with Crippen molar-refractivity contribution >= 4 is 19.6 Å². The van der Waals surface area contributed by atoms with E-state index < -0.39 is 73.9 Å². The molecule has 2 unspecified atom stereocenters. The minimum Gasteiger partial charge on any atom is -0.461 e. The van der Waals surface area contributed by atoms with Crippen LogP contribution in [-0.4, -0.2) is 57.2 Å². The summed E-state index contributed by atoms with van der Waals surface area (Å²) in [5.74, 6) is -0.319. The lowest BCUT2D eigenvalue weighted by Crippen LogP contribution is -2.55. The van der Waals surface area contributed by atoms with E-state index >= 15 is 0 Å². The van der Waals surface area contributed by atoms with Crippen molar-refractivity contribution in [2.24, 2.45) is 5.73 Å². The predicted octanol–water partition coefficient (Wildman–Crippen LogP) is 1.11. The molecule has 1 aliphatic heterocycles. The van der Waals surface area contributed by atoms with Crippen LogP contribution in [0, 0.1) is 18.2 Å². The average molecular weight is 554 g/mol. The summed E-state index contributed by atoms with van der Waals surface area (Å²) in [7, 11) is -4.58. The van der Waals surface area contributed by atoms with Crippen LogP contribution in [0.2, 0.25) is 0 Å². The molecule has 6 atom stereocenters. The molecule has 206 valence electrons. The number of ether oxygens (including phenoxy) is 2. The van der Waals surface area contributed by atoms with Gasteiger partial charge in [-0.2, -0.15) is 4.98 Å². The van der Waals surface area contributed by atoms with Crippen LogP contribution < -0.4 is 21.7 Å². The molecular formula is C23H28FN4O9P. The highest BCUT2D eigenvalue weighted by atomic mass is 31.2. The number of aliphatic hydroxyl groups is 1. The van der Waals surface area contributed by atoms with E-state index in [9.17, 15) is 23.7 Å². The van der Waals surface area contributed by atoms with E-state index in [0.717, 1.165) is 0 Å². The largest absolute Gasteiger partial charge is 0.530 e. The topological polar surface area (TPSA) is 187 Å². The van der Waals surface area contributed by atoms with Crippen LogP contribution in [0.15, 0.2) is 41.3 Å². The number of nitrogens with zero attached hydrogens (tertiary/aromatic N) is 2. The molecular weight excluding hydrogens is 526 g/mol. The molecule has 1 saturated heterocycles. The van der Waals surface area contributed by atoms with E-state index in [1.807, 2.05) is 0 Å². The van der Waals surface area contributed by atoms with Gasteiger partial charge in [-0.15, -0.1) is 6.42 Å². The fourth-order valence-electron chi connectivity index (χ4n) is 3.43. The third kappa shape index (κ3) is 6.39. The Labute approximate surface area is 217 Å². The standard InChI is InChI=1S/C23H28FN4O9P/c1-5-23(26)18(29)17(35-21(23)28-11-16(24)19(25)27-22(28)31)12-33-38(32,37-15-9-7-6-8-10-15)36-14(4)20(30)34-13(2)3/h1,6-11,13-14,17-18,21,29H,12,26H2,2-4H3,(H2,25,27,31)/t14-,17+,18-,21+,23?,38?/m0/s1. The number of aliphatic hydroxyl groups excluding tert-OH is 1. The van der Waals surface area contributed by atoms with Crippen molar-refractivity contribution in [1.29, 1.82) is 0 Å². The molecule has 0 radical (unpaired) electrons. The van der Waals surface area contributed by atoms with Gasteiger partial charge in [-0.3, -0.25) is 13.6 Å². The van der Waals surface area contributed by atoms with Gasteiger partial charge in [0.05, 0.1) is 18.9 Å². The molecule has 0 spiro atoms. The predicted molar refractivity (Wildman–Crippen MR) is 131 cm³/mol. The van der Waals surface area contributed by atoms with Crippen LogP contribution >= 0.6 is 7.82 Å². The molecule has 1 aromatic heterocycles. The average Bonchev–Trinajstić information content (AvgIpc) is 3.10. The van der Waals surface area contributed by atoms with Crippen LogP contribution in [0.25, 0.3) is 0 Å². The number of aromatic nitrogens is 2. The summed E-state index contributed by atoms with van der Waals surface area (Å²) in [6.07, 6.45) is -0.381. The molecule has 0 amide bonds. The second-order valence-electron chi connectivity index (χ2n) is 8.59. The van der Waals surface area contributed by atoms with Crippen molar-refractivity contribution in [3.63, 3.8) is 0 Å². The Morgan fingerprint density at radius 2 is 2.03 bits per heavy atom. The highest BCUT2D eigenvalue weighted by Crippen LogP contribution is 2.51.